The van der Waals surface area contributed by atoms with Gasteiger partial charge in [0.2, 0.25) is 0 Å². The molecule has 0 aliphatic carbocycles. The monoisotopic (exact) mass is 531 g/mol. The number of halogens is 2. The molecule has 13 heteroatoms. The number of aromatic amines is 1. The van der Waals surface area contributed by atoms with E-state index >= 15 is 0 Å². The van der Waals surface area contributed by atoms with Crippen LogP contribution in [0.15, 0.2) is 22.7 Å². The second-order valence-corrected chi connectivity index (χ2v) is 11.1. The van der Waals surface area contributed by atoms with E-state index in [2.05, 4.69) is 25.5 Å². The first-order valence-electron chi connectivity index (χ1n) is 10.2. The summed E-state index contributed by atoms with van der Waals surface area (Å²) in [5.74, 6) is -1.32. The number of nitrogens with zero attached hydrogens (tertiary/aromatic N) is 2. The summed E-state index contributed by atoms with van der Waals surface area (Å²) in [6, 6.07) is -0.283. The minimum Gasteiger partial charge on any atom is -0.477 e. The van der Waals surface area contributed by atoms with E-state index in [1.807, 2.05) is 12.3 Å². The van der Waals surface area contributed by atoms with E-state index in [1.165, 1.54) is 29.3 Å². The Bertz CT molecular complexity index is 1080. The molecule has 1 saturated heterocycles. The fourth-order valence-corrected chi connectivity index (χ4v) is 5.84. The molecular weight excluding hydrogens is 509 g/mol. The van der Waals surface area contributed by atoms with Gasteiger partial charge in [0, 0.05) is 36.6 Å². The van der Waals surface area contributed by atoms with E-state index in [4.69, 9.17) is 27.9 Å². The van der Waals surface area contributed by atoms with Gasteiger partial charge in [-0.05, 0) is 20.3 Å². The molecule has 3 unspecified atom stereocenters. The summed E-state index contributed by atoms with van der Waals surface area (Å²) in [7, 11) is 0. The number of carboxylic acid groups (broad SMARTS) is 1. The minimum absolute atomic E-state index is 0.190. The summed E-state index contributed by atoms with van der Waals surface area (Å²) in [6.07, 6.45) is 3.48. The Hall–Kier alpha value is -1.76. The lowest BCUT2D eigenvalue weighted by molar-refractivity contribution is -0.131. The van der Waals surface area contributed by atoms with E-state index in [0.717, 1.165) is 5.01 Å². The molecule has 178 valence electrons. The van der Waals surface area contributed by atoms with E-state index < -0.39 is 11.0 Å². The number of thioether (sulfide) groups is 1. The fourth-order valence-electron chi connectivity index (χ4n) is 3.84. The molecule has 2 aromatic heterocycles. The van der Waals surface area contributed by atoms with Gasteiger partial charge in [0.25, 0.3) is 5.91 Å². The molecule has 0 aromatic carbocycles. The second kappa shape index (κ2) is 9.85. The molecule has 2 aliphatic heterocycles. The van der Waals surface area contributed by atoms with Crippen LogP contribution in [-0.2, 0) is 16.1 Å². The van der Waals surface area contributed by atoms with Crippen LogP contribution in [0.1, 0.15) is 34.5 Å². The van der Waals surface area contributed by atoms with Crippen LogP contribution in [0.4, 0.5) is 0 Å². The number of aliphatic carboxylic acids is 1. The zero-order chi connectivity index (χ0) is 23.8. The average molecular weight is 532 g/mol. The number of piperidine rings is 1. The number of hydrogen-bond acceptors (Lipinski definition) is 8. The van der Waals surface area contributed by atoms with Gasteiger partial charge < -0.3 is 25.5 Å². The Balaban J connectivity index is 1.48. The zero-order valence-electron chi connectivity index (χ0n) is 17.9. The third-order valence-corrected chi connectivity index (χ3v) is 8.64. The molecule has 1 amide bonds. The quantitative estimate of drug-likeness (QED) is 0.429. The number of carbonyl (C=O) groups is 2. The highest BCUT2D eigenvalue weighted by Gasteiger charge is 2.43. The molecule has 33 heavy (non-hydrogen) atoms. The highest BCUT2D eigenvalue weighted by atomic mass is 35.5. The average Bonchev–Trinajstić information content (AvgIpc) is 3.50. The molecule has 2 aliphatic rings. The van der Waals surface area contributed by atoms with Crippen molar-refractivity contribution in [1.82, 2.24) is 25.5 Å². The highest BCUT2D eigenvalue weighted by molar-refractivity contribution is 8.05. The van der Waals surface area contributed by atoms with Crippen molar-refractivity contribution < 1.29 is 19.4 Å². The molecule has 0 bridgehead atoms. The van der Waals surface area contributed by atoms with Crippen molar-refractivity contribution in [2.75, 3.05) is 13.1 Å². The minimum atomic E-state index is -0.966. The molecule has 2 aromatic rings. The molecule has 0 saturated carbocycles. The van der Waals surface area contributed by atoms with E-state index in [0.29, 0.717) is 36.8 Å². The van der Waals surface area contributed by atoms with Crippen molar-refractivity contribution in [3.63, 3.8) is 0 Å². The Morgan fingerprint density at radius 3 is 2.82 bits per heavy atom. The number of nitrogens with one attached hydrogen (secondary N) is 3. The summed E-state index contributed by atoms with van der Waals surface area (Å²) < 4.78 is 6.20. The van der Waals surface area contributed by atoms with Crippen molar-refractivity contribution in [3.8, 4) is 0 Å². The van der Waals surface area contributed by atoms with Gasteiger partial charge in [0.05, 0.1) is 28.8 Å². The first kappa shape index (κ1) is 24.4. The van der Waals surface area contributed by atoms with E-state index in [-0.39, 0.29) is 33.7 Å². The maximum atomic E-state index is 12.9. The number of aryl methyl sites for hydroxylation is 1. The van der Waals surface area contributed by atoms with Gasteiger partial charge in [-0.25, -0.2) is 9.78 Å². The number of carboxylic acids is 1. The van der Waals surface area contributed by atoms with Gasteiger partial charge in [-0.15, -0.1) is 11.3 Å². The van der Waals surface area contributed by atoms with Crippen LogP contribution >= 0.6 is 46.3 Å². The number of hydrogen-bond donors (Lipinski definition) is 4. The Morgan fingerprint density at radius 1 is 1.42 bits per heavy atom. The van der Waals surface area contributed by atoms with Crippen LogP contribution in [0.5, 0.6) is 0 Å². The smallest absolute Gasteiger partial charge is 0.343 e. The molecular formula is C20H23Cl2N5O4S2. The zero-order valence-corrected chi connectivity index (χ0v) is 21.0. The predicted molar refractivity (Wildman–Crippen MR) is 129 cm³/mol. The Morgan fingerprint density at radius 2 is 2.21 bits per heavy atom. The number of rotatable bonds is 7. The van der Waals surface area contributed by atoms with Crippen molar-refractivity contribution in [2.24, 2.45) is 0 Å². The molecule has 3 atom stereocenters. The standard InChI is InChI=1S/C20H23Cl2N5O4S2/c1-10-15(21)16(22)17(25-10)18(28)26-11-3-5-27(20(2)24-7-13(33-20)19(29)30)8-12(11)31-9-14-23-4-6-32-14/h4,6-7,11-12,24-25H,3,5,8-9H2,1-2H3,(H,26,28)(H,29,30). The highest BCUT2D eigenvalue weighted by Crippen LogP contribution is 2.39. The van der Waals surface area contributed by atoms with Crippen LogP contribution in [0.3, 0.4) is 0 Å². The van der Waals surface area contributed by atoms with Crippen molar-refractivity contribution >= 4 is 58.2 Å². The topological polar surface area (TPSA) is 120 Å². The number of thiazole rings is 1. The number of carbonyl (C=O) groups excluding carboxylic acids is 1. The number of amides is 1. The molecule has 1 fully saturated rings. The van der Waals surface area contributed by atoms with Crippen molar-refractivity contribution in [1.29, 1.82) is 0 Å². The summed E-state index contributed by atoms with van der Waals surface area (Å²) in [5, 5.41) is 18.8. The summed E-state index contributed by atoms with van der Waals surface area (Å²) in [6.45, 7) is 5.09. The number of ether oxygens (including phenoxy) is 1. The van der Waals surface area contributed by atoms with Crippen LogP contribution in [0.2, 0.25) is 10.0 Å². The third-order valence-electron chi connectivity index (χ3n) is 5.65. The van der Waals surface area contributed by atoms with E-state index in [9.17, 15) is 14.7 Å². The predicted octanol–water partition coefficient (Wildman–Crippen LogP) is 3.41. The SMILES string of the molecule is Cc1[nH]c(C(=O)NC2CCN(C3(C)NC=C(C(=O)O)S3)CC2OCc2nccs2)c(Cl)c1Cl. The summed E-state index contributed by atoms with van der Waals surface area (Å²) in [5.41, 5.74) is 0.841. The Labute approximate surface area is 208 Å². The molecule has 4 N–H and O–H groups in total. The van der Waals surface area contributed by atoms with Crippen molar-refractivity contribution in [3.05, 3.63) is 49.1 Å². The normalized spacial score (nSPS) is 25.5. The largest absolute Gasteiger partial charge is 0.477 e. The maximum Gasteiger partial charge on any atom is 0.343 e. The first-order valence-corrected chi connectivity index (χ1v) is 12.6. The number of aromatic nitrogens is 2. The maximum absolute atomic E-state index is 12.9. The molecule has 9 nitrogen and oxygen atoms in total. The molecule has 0 spiro atoms. The number of H-pyrrole nitrogens is 1. The fraction of sp³-hybridized carbons (Fsp3) is 0.450. The van der Waals surface area contributed by atoms with Gasteiger partial charge in [0.15, 0.2) is 0 Å². The van der Waals surface area contributed by atoms with Crippen LogP contribution in [-0.4, -0.2) is 62.1 Å². The van der Waals surface area contributed by atoms with Gasteiger partial charge >= 0.3 is 5.97 Å². The molecule has 0 radical (unpaired) electrons. The first-order chi connectivity index (χ1) is 15.7. The Kier molecular flexibility index (Phi) is 7.27. The van der Waals surface area contributed by atoms with Gasteiger partial charge in [0.1, 0.15) is 20.6 Å². The summed E-state index contributed by atoms with van der Waals surface area (Å²) in [4.78, 5) is 33.3. The van der Waals surface area contributed by atoms with Crippen LogP contribution < -0.4 is 10.6 Å². The second-order valence-electron chi connectivity index (χ2n) is 7.89. The lowest BCUT2D eigenvalue weighted by Crippen LogP contribution is -2.61. The van der Waals surface area contributed by atoms with Crippen LogP contribution in [0, 0.1) is 6.92 Å². The van der Waals surface area contributed by atoms with Gasteiger partial charge in [-0.1, -0.05) is 35.0 Å². The lowest BCUT2D eigenvalue weighted by atomic mass is 10.0. The summed E-state index contributed by atoms with van der Waals surface area (Å²) >= 11 is 15.1. The van der Waals surface area contributed by atoms with Gasteiger partial charge in [-0.3, -0.25) is 9.69 Å². The van der Waals surface area contributed by atoms with E-state index in [1.54, 1.807) is 13.1 Å². The molecule has 4 heterocycles. The van der Waals surface area contributed by atoms with Crippen LogP contribution in [0.25, 0.3) is 0 Å². The molecule has 4 rings (SSSR count). The lowest BCUT2D eigenvalue weighted by Gasteiger charge is -2.45. The van der Waals surface area contributed by atoms with Crippen molar-refractivity contribution in [2.45, 2.75) is 44.0 Å². The third kappa shape index (κ3) is 5.18. The number of likely N-dealkylation sites (tertiary alicyclic amines) is 1. The van der Waals surface area contributed by atoms with Gasteiger partial charge in [-0.2, -0.15) is 0 Å².